The molecule has 2 aromatic rings. The molecule has 31 heavy (non-hydrogen) atoms. The molecule has 0 saturated heterocycles. The fourth-order valence-electron chi connectivity index (χ4n) is 3.52. The quantitative estimate of drug-likeness (QED) is 0.262. The van der Waals surface area contributed by atoms with Crippen LogP contribution in [0, 0.1) is 6.92 Å². The van der Waals surface area contributed by atoms with Crippen LogP contribution in [-0.2, 0) is 6.42 Å². The number of phenolic OH excluding ortho intramolecular Hbond substituents is 2. The molecule has 0 fully saturated rings. The number of fused-ring (bicyclic) bond motifs is 1. The van der Waals surface area contributed by atoms with Crippen LogP contribution in [0.1, 0.15) is 76.0 Å². The SMILES string of the molecule is CC/C=C\C/C=C\C/C=C\CCCCCCCc1cc(=O)c2c(O)cc(O)c(C)c2o1. The first-order valence-electron chi connectivity index (χ1n) is 11.5. The van der Waals surface area contributed by atoms with E-state index in [1.54, 1.807) is 6.92 Å². The van der Waals surface area contributed by atoms with Crippen molar-refractivity contribution in [1.29, 1.82) is 0 Å². The van der Waals surface area contributed by atoms with Gasteiger partial charge in [-0.3, -0.25) is 4.79 Å². The van der Waals surface area contributed by atoms with Gasteiger partial charge in [0, 0.05) is 24.1 Å². The number of unbranched alkanes of at least 4 members (excludes halogenated alkanes) is 5. The lowest BCUT2D eigenvalue weighted by Crippen LogP contribution is -2.03. The number of hydrogen-bond donors (Lipinski definition) is 2. The zero-order valence-corrected chi connectivity index (χ0v) is 18.9. The maximum atomic E-state index is 12.3. The highest BCUT2D eigenvalue weighted by Gasteiger charge is 2.14. The summed E-state index contributed by atoms with van der Waals surface area (Å²) >= 11 is 0. The lowest BCUT2D eigenvalue weighted by Gasteiger charge is -2.08. The topological polar surface area (TPSA) is 70.7 Å². The van der Waals surface area contributed by atoms with Crippen LogP contribution in [0.15, 0.2) is 57.8 Å². The first-order chi connectivity index (χ1) is 15.0. The zero-order valence-electron chi connectivity index (χ0n) is 18.9. The normalized spacial score (nSPS) is 12.2. The minimum absolute atomic E-state index is 0.0699. The van der Waals surface area contributed by atoms with E-state index >= 15 is 0 Å². The molecule has 0 saturated carbocycles. The molecule has 0 bridgehead atoms. The molecule has 2 N–H and O–H groups in total. The Morgan fingerprint density at radius 2 is 1.48 bits per heavy atom. The Bertz CT molecular complexity index is 963. The first kappa shape index (κ1) is 24.5. The van der Waals surface area contributed by atoms with Gasteiger partial charge in [0.15, 0.2) is 5.43 Å². The Balaban J connectivity index is 1.65. The largest absolute Gasteiger partial charge is 0.507 e. The molecule has 1 heterocycles. The van der Waals surface area contributed by atoms with Crippen molar-refractivity contribution in [3.8, 4) is 11.5 Å². The summed E-state index contributed by atoms with van der Waals surface area (Å²) in [5.41, 5.74) is 0.485. The van der Waals surface area contributed by atoms with Gasteiger partial charge in [-0.2, -0.15) is 0 Å². The average Bonchev–Trinajstić information content (AvgIpc) is 2.74. The maximum absolute atomic E-state index is 12.3. The van der Waals surface area contributed by atoms with E-state index in [2.05, 4.69) is 43.4 Å². The van der Waals surface area contributed by atoms with E-state index < -0.39 is 0 Å². The summed E-state index contributed by atoms with van der Waals surface area (Å²) in [4.78, 5) is 12.3. The second-order valence-electron chi connectivity index (χ2n) is 7.92. The van der Waals surface area contributed by atoms with Crippen LogP contribution in [0.5, 0.6) is 11.5 Å². The van der Waals surface area contributed by atoms with E-state index in [1.165, 1.54) is 25.0 Å². The molecule has 168 valence electrons. The molecule has 4 heteroatoms. The van der Waals surface area contributed by atoms with Gasteiger partial charge in [-0.05, 0) is 45.4 Å². The van der Waals surface area contributed by atoms with Crippen LogP contribution in [0.3, 0.4) is 0 Å². The summed E-state index contributed by atoms with van der Waals surface area (Å²) in [6, 6.07) is 2.64. The van der Waals surface area contributed by atoms with Gasteiger partial charge in [0.05, 0.1) is 0 Å². The van der Waals surface area contributed by atoms with E-state index in [0.29, 0.717) is 17.7 Å². The molecule has 0 aliphatic heterocycles. The Kier molecular flexibility index (Phi) is 10.7. The number of aromatic hydroxyl groups is 2. The number of benzene rings is 1. The van der Waals surface area contributed by atoms with Crippen molar-refractivity contribution in [1.82, 2.24) is 0 Å². The fraction of sp³-hybridized carbons (Fsp3) is 0.444. The van der Waals surface area contributed by atoms with E-state index in [4.69, 9.17) is 4.42 Å². The van der Waals surface area contributed by atoms with Crippen LogP contribution in [-0.4, -0.2) is 10.2 Å². The molecule has 0 aliphatic carbocycles. The van der Waals surface area contributed by atoms with E-state index in [1.807, 2.05) is 0 Å². The highest BCUT2D eigenvalue weighted by Crippen LogP contribution is 2.32. The third-order valence-electron chi connectivity index (χ3n) is 5.33. The van der Waals surface area contributed by atoms with Crippen molar-refractivity contribution < 1.29 is 14.6 Å². The van der Waals surface area contributed by atoms with Crippen LogP contribution >= 0.6 is 0 Å². The lowest BCUT2D eigenvalue weighted by molar-refractivity contribution is 0.446. The molecule has 0 unspecified atom stereocenters. The fourth-order valence-corrected chi connectivity index (χ4v) is 3.52. The zero-order chi connectivity index (χ0) is 22.5. The second-order valence-corrected chi connectivity index (χ2v) is 7.92. The Morgan fingerprint density at radius 1 is 0.839 bits per heavy atom. The Morgan fingerprint density at radius 3 is 2.23 bits per heavy atom. The Labute approximate surface area is 185 Å². The third-order valence-corrected chi connectivity index (χ3v) is 5.33. The van der Waals surface area contributed by atoms with E-state index in [-0.39, 0.29) is 27.9 Å². The predicted octanol–water partition coefficient (Wildman–Crippen LogP) is 7.25. The summed E-state index contributed by atoms with van der Waals surface area (Å²) in [5.74, 6) is 0.291. The first-order valence-corrected chi connectivity index (χ1v) is 11.5. The van der Waals surface area contributed by atoms with Gasteiger partial charge in [0.1, 0.15) is 28.2 Å². The highest BCUT2D eigenvalue weighted by atomic mass is 16.3. The van der Waals surface area contributed by atoms with Gasteiger partial charge in [0.25, 0.3) is 0 Å². The monoisotopic (exact) mass is 424 g/mol. The number of rotatable bonds is 13. The standard InChI is InChI=1S/C27H36O4/c1-3-4-5-6-7-8-9-10-11-12-13-14-15-16-17-18-22-19-24(29)26-25(30)20-23(28)21(2)27(26)31-22/h4-5,7-8,10-11,19-20,28,30H,3,6,9,12-18H2,1-2H3/b5-4-,8-7-,11-10-. The number of aryl methyl sites for hydroxylation is 2. The summed E-state index contributed by atoms with van der Waals surface area (Å²) < 4.78 is 5.82. The Hall–Kier alpha value is -2.75. The predicted molar refractivity (Wildman–Crippen MR) is 129 cm³/mol. The average molecular weight is 425 g/mol. The molecule has 2 rings (SSSR count). The summed E-state index contributed by atoms with van der Waals surface area (Å²) in [5, 5.41) is 19.9. The molecule has 1 aromatic heterocycles. The van der Waals surface area contributed by atoms with Crippen molar-refractivity contribution in [2.45, 2.75) is 78.1 Å². The van der Waals surface area contributed by atoms with Gasteiger partial charge in [-0.15, -0.1) is 0 Å². The molecule has 1 aromatic carbocycles. The maximum Gasteiger partial charge on any atom is 0.196 e. The molecular formula is C27H36O4. The smallest absolute Gasteiger partial charge is 0.196 e. The van der Waals surface area contributed by atoms with Crippen molar-refractivity contribution in [3.63, 3.8) is 0 Å². The summed E-state index contributed by atoms with van der Waals surface area (Å²) in [7, 11) is 0. The summed E-state index contributed by atoms with van der Waals surface area (Å²) in [6.45, 7) is 3.83. The lowest BCUT2D eigenvalue weighted by atomic mass is 10.1. The summed E-state index contributed by atoms with van der Waals surface area (Å²) in [6.07, 6.45) is 23.8. The van der Waals surface area contributed by atoms with Gasteiger partial charge >= 0.3 is 0 Å². The highest BCUT2D eigenvalue weighted by molar-refractivity contribution is 5.87. The van der Waals surface area contributed by atoms with Gasteiger partial charge in [-0.1, -0.05) is 62.6 Å². The molecule has 0 aliphatic rings. The second kappa shape index (κ2) is 13.5. The minimum Gasteiger partial charge on any atom is -0.507 e. The molecule has 0 atom stereocenters. The van der Waals surface area contributed by atoms with E-state index in [0.717, 1.165) is 44.9 Å². The molecule has 0 amide bonds. The van der Waals surface area contributed by atoms with Gasteiger partial charge in [-0.25, -0.2) is 0 Å². The van der Waals surface area contributed by atoms with Crippen molar-refractivity contribution in [2.75, 3.05) is 0 Å². The third kappa shape index (κ3) is 8.12. The molecule has 4 nitrogen and oxygen atoms in total. The molecular weight excluding hydrogens is 388 g/mol. The van der Waals surface area contributed by atoms with Crippen molar-refractivity contribution in [2.24, 2.45) is 0 Å². The van der Waals surface area contributed by atoms with Crippen LogP contribution in [0.2, 0.25) is 0 Å². The van der Waals surface area contributed by atoms with Crippen LogP contribution in [0.4, 0.5) is 0 Å². The van der Waals surface area contributed by atoms with E-state index in [9.17, 15) is 15.0 Å². The van der Waals surface area contributed by atoms with Crippen LogP contribution in [0.25, 0.3) is 11.0 Å². The van der Waals surface area contributed by atoms with Gasteiger partial charge in [0.2, 0.25) is 0 Å². The number of phenols is 2. The van der Waals surface area contributed by atoms with Gasteiger partial charge < -0.3 is 14.6 Å². The molecule has 0 radical (unpaired) electrons. The number of allylic oxidation sites excluding steroid dienone is 6. The number of hydrogen-bond acceptors (Lipinski definition) is 4. The van der Waals surface area contributed by atoms with Crippen LogP contribution < -0.4 is 5.43 Å². The minimum atomic E-state index is -0.268. The molecule has 0 spiro atoms. The van der Waals surface area contributed by atoms with Crippen molar-refractivity contribution in [3.05, 3.63) is 70.1 Å². The van der Waals surface area contributed by atoms with Crippen molar-refractivity contribution >= 4 is 11.0 Å².